The van der Waals surface area contributed by atoms with Gasteiger partial charge in [0.2, 0.25) is 0 Å². The summed E-state index contributed by atoms with van der Waals surface area (Å²) >= 11 is 0. The average molecular weight is 598 g/mol. The fourth-order valence-corrected chi connectivity index (χ4v) is 5.57. The number of nitrogens with zero attached hydrogens (tertiary/aromatic N) is 5. The van der Waals surface area contributed by atoms with Crippen LogP contribution in [-0.4, -0.2) is 64.3 Å². The number of esters is 1. The maximum absolute atomic E-state index is 15.0. The molecule has 3 heterocycles. The fourth-order valence-electron chi connectivity index (χ4n) is 5.57. The van der Waals surface area contributed by atoms with Gasteiger partial charge in [-0.3, -0.25) is 9.59 Å². The third-order valence-electron chi connectivity index (χ3n) is 7.72. The Morgan fingerprint density at radius 1 is 1.07 bits per heavy atom. The summed E-state index contributed by atoms with van der Waals surface area (Å²) in [4.78, 5) is 33.0. The number of hydrogen-bond donors (Lipinski definition) is 0. The van der Waals surface area contributed by atoms with Crippen LogP contribution in [0.4, 0.5) is 29.1 Å². The number of halogens is 4. The molecule has 43 heavy (non-hydrogen) atoms. The van der Waals surface area contributed by atoms with E-state index >= 15 is 4.39 Å². The van der Waals surface area contributed by atoms with Gasteiger partial charge < -0.3 is 14.5 Å². The van der Waals surface area contributed by atoms with Crippen molar-refractivity contribution in [3.8, 4) is 11.3 Å². The summed E-state index contributed by atoms with van der Waals surface area (Å²) in [7, 11) is 1.78. The minimum Gasteiger partial charge on any atom is -0.466 e. The summed E-state index contributed by atoms with van der Waals surface area (Å²) in [5, 5.41) is 4.51. The van der Waals surface area contributed by atoms with Crippen molar-refractivity contribution in [2.24, 2.45) is 5.92 Å². The molecular formula is C31H31F4N5O3. The van der Waals surface area contributed by atoms with Gasteiger partial charge >= 0.3 is 5.97 Å². The predicted molar refractivity (Wildman–Crippen MR) is 152 cm³/mol. The Labute approximate surface area is 245 Å². The van der Waals surface area contributed by atoms with E-state index in [-0.39, 0.29) is 55.1 Å². The first-order valence-corrected chi connectivity index (χ1v) is 13.9. The molecule has 2 aromatic carbocycles. The predicted octanol–water partition coefficient (Wildman–Crippen LogP) is 5.95. The lowest BCUT2D eigenvalue weighted by Gasteiger charge is -2.33. The number of likely N-dealkylation sites (tertiary alicyclic amines) is 1. The second-order valence-electron chi connectivity index (χ2n) is 10.7. The number of amides is 1. The van der Waals surface area contributed by atoms with E-state index < -0.39 is 41.4 Å². The molecule has 226 valence electrons. The lowest BCUT2D eigenvalue weighted by atomic mass is 9.91. The number of carbonyl (C=O) groups is 2. The molecule has 5 rings (SSSR count). The molecule has 0 radical (unpaired) electrons. The summed E-state index contributed by atoms with van der Waals surface area (Å²) in [5.74, 6) is -5.45. The van der Waals surface area contributed by atoms with Crippen molar-refractivity contribution >= 4 is 29.0 Å². The molecule has 4 aromatic rings. The highest BCUT2D eigenvalue weighted by atomic mass is 19.2. The lowest BCUT2D eigenvalue weighted by Crippen LogP contribution is -2.45. The van der Waals surface area contributed by atoms with Gasteiger partial charge in [-0.1, -0.05) is 18.2 Å². The van der Waals surface area contributed by atoms with E-state index in [1.54, 1.807) is 20.0 Å². The molecule has 2 atom stereocenters. The van der Waals surface area contributed by atoms with Crippen LogP contribution in [0, 0.1) is 37.2 Å². The van der Waals surface area contributed by atoms with Crippen LogP contribution in [-0.2, 0) is 9.53 Å². The first kappa shape index (κ1) is 30.0. The van der Waals surface area contributed by atoms with Gasteiger partial charge in [0, 0.05) is 42.9 Å². The van der Waals surface area contributed by atoms with Gasteiger partial charge in [0.1, 0.15) is 12.0 Å². The summed E-state index contributed by atoms with van der Waals surface area (Å²) < 4.78 is 63.5. The molecule has 1 fully saturated rings. The van der Waals surface area contributed by atoms with E-state index in [1.165, 1.54) is 15.5 Å². The van der Waals surface area contributed by atoms with Gasteiger partial charge in [-0.05, 0) is 50.5 Å². The maximum Gasteiger partial charge on any atom is 0.306 e. The van der Waals surface area contributed by atoms with Gasteiger partial charge in [-0.15, -0.1) is 0 Å². The number of ether oxygens (including phenoxy) is 1. The fraction of sp³-hybridized carbons (Fsp3) is 0.355. The van der Waals surface area contributed by atoms with Crippen LogP contribution >= 0.6 is 0 Å². The Bertz CT molecular complexity index is 1670. The van der Waals surface area contributed by atoms with Crippen molar-refractivity contribution in [3.63, 3.8) is 0 Å². The van der Waals surface area contributed by atoms with E-state index in [4.69, 9.17) is 4.74 Å². The minimum atomic E-state index is -1.59. The number of aryl methyl sites for hydroxylation is 2. The third kappa shape index (κ3) is 5.91. The number of hydrogen-bond acceptors (Lipinski definition) is 6. The van der Waals surface area contributed by atoms with Gasteiger partial charge in [0.15, 0.2) is 28.8 Å². The first-order chi connectivity index (χ1) is 20.5. The third-order valence-corrected chi connectivity index (χ3v) is 7.72. The molecule has 1 aliphatic rings. The highest BCUT2D eigenvalue weighted by Gasteiger charge is 2.34. The van der Waals surface area contributed by atoms with E-state index in [2.05, 4.69) is 10.1 Å². The number of carbonyl (C=O) groups excluding carboxylic acids is 2. The molecule has 12 heteroatoms. The Morgan fingerprint density at radius 3 is 2.37 bits per heavy atom. The van der Waals surface area contributed by atoms with Crippen molar-refractivity contribution in [1.82, 2.24) is 19.5 Å². The van der Waals surface area contributed by atoms with Crippen LogP contribution in [0.15, 0.2) is 42.5 Å². The van der Waals surface area contributed by atoms with Crippen LogP contribution in [0.5, 0.6) is 0 Å². The molecule has 0 saturated carbocycles. The average Bonchev–Trinajstić information content (AvgIpc) is 3.40. The highest BCUT2D eigenvalue weighted by molar-refractivity contribution is 5.94. The topological polar surface area (TPSA) is 80.0 Å². The van der Waals surface area contributed by atoms with E-state index in [0.29, 0.717) is 5.82 Å². The van der Waals surface area contributed by atoms with Crippen molar-refractivity contribution in [2.75, 3.05) is 31.6 Å². The molecule has 1 amide bonds. The molecule has 1 saturated heterocycles. The number of fused-ring (bicyclic) bond motifs is 1. The first-order valence-electron chi connectivity index (χ1n) is 13.9. The van der Waals surface area contributed by atoms with E-state index in [1.807, 2.05) is 36.9 Å². The standard InChI is InChI=1S/C31H31F4N5O3/c1-5-43-28(41)13-19-9-10-39(16-23(19)34)31(42)25-14-26-36-24(20-11-21(32)29(35)22(33)12-20)15-27(40(26)37-25)38(4)30-17(2)7-6-8-18(30)3/h6-8,11-12,14-15,19,23H,5,9-10,13,16H2,1-4H3/t19-,23-/m0/s1. The quantitative estimate of drug-likeness (QED) is 0.149. The van der Waals surface area contributed by atoms with Crippen LogP contribution < -0.4 is 4.90 Å². The zero-order valence-electron chi connectivity index (χ0n) is 24.2. The van der Waals surface area contributed by atoms with Gasteiger partial charge in [-0.2, -0.15) is 9.61 Å². The second-order valence-corrected chi connectivity index (χ2v) is 10.7. The molecule has 2 aromatic heterocycles. The Balaban J connectivity index is 1.54. The number of aromatic nitrogens is 3. The van der Waals surface area contributed by atoms with Crippen LogP contribution in [0.1, 0.15) is 41.4 Å². The largest absolute Gasteiger partial charge is 0.466 e. The Kier molecular flexibility index (Phi) is 8.38. The zero-order valence-corrected chi connectivity index (χ0v) is 24.2. The Morgan fingerprint density at radius 2 is 1.74 bits per heavy atom. The summed E-state index contributed by atoms with van der Waals surface area (Å²) in [5.41, 5.74) is 3.02. The second kappa shape index (κ2) is 12.0. The summed E-state index contributed by atoms with van der Waals surface area (Å²) in [6, 6.07) is 10.4. The normalized spacial score (nSPS) is 16.9. The summed E-state index contributed by atoms with van der Waals surface area (Å²) in [6.45, 7) is 5.76. The molecule has 0 N–H and O–H groups in total. The number of alkyl halides is 1. The number of rotatable bonds is 7. The molecule has 0 spiro atoms. The van der Waals surface area contributed by atoms with Crippen LogP contribution in [0.2, 0.25) is 0 Å². The van der Waals surface area contributed by atoms with Crippen molar-refractivity contribution in [2.45, 2.75) is 39.8 Å². The van der Waals surface area contributed by atoms with E-state index in [9.17, 15) is 22.8 Å². The highest BCUT2D eigenvalue weighted by Crippen LogP contribution is 2.34. The monoisotopic (exact) mass is 597 g/mol. The molecule has 0 bridgehead atoms. The van der Waals surface area contributed by atoms with Crippen LogP contribution in [0.25, 0.3) is 16.9 Å². The lowest BCUT2D eigenvalue weighted by molar-refractivity contribution is -0.145. The van der Waals surface area contributed by atoms with Gasteiger partial charge in [-0.25, -0.2) is 22.5 Å². The van der Waals surface area contributed by atoms with Crippen molar-refractivity contribution in [1.29, 1.82) is 0 Å². The minimum absolute atomic E-state index is 0.00619. The zero-order chi connectivity index (χ0) is 31.0. The SMILES string of the molecule is CCOC(=O)C[C@@H]1CCN(C(=O)c2cc3nc(-c4cc(F)c(F)c(F)c4)cc(N(C)c4c(C)cccc4C)n3n2)C[C@@H]1F. The Hall–Kier alpha value is -4.48. The molecule has 0 aliphatic carbocycles. The number of anilines is 2. The molecule has 1 aliphatic heterocycles. The molecule has 8 nitrogen and oxygen atoms in total. The maximum atomic E-state index is 15.0. The van der Waals surface area contributed by atoms with E-state index in [0.717, 1.165) is 28.9 Å². The summed E-state index contributed by atoms with van der Waals surface area (Å²) in [6.07, 6.45) is -1.20. The van der Waals surface area contributed by atoms with Crippen molar-refractivity contribution in [3.05, 3.63) is 76.7 Å². The molecule has 0 unspecified atom stereocenters. The number of benzene rings is 2. The number of para-hydroxylation sites is 1. The van der Waals surface area contributed by atoms with Gasteiger partial charge in [0.25, 0.3) is 5.91 Å². The number of piperidine rings is 1. The van der Waals surface area contributed by atoms with Crippen molar-refractivity contribution < 1.29 is 31.9 Å². The van der Waals surface area contributed by atoms with Gasteiger partial charge in [0.05, 0.1) is 25.3 Å². The van der Waals surface area contributed by atoms with Crippen LogP contribution in [0.3, 0.4) is 0 Å². The smallest absolute Gasteiger partial charge is 0.306 e. The molecular weight excluding hydrogens is 566 g/mol.